The van der Waals surface area contributed by atoms with Crippen molar-refractivity contribution in [2.45, 2.75) is 13.1 Å². The van der Waals surface area contributed by atoms with E-state index in [1.807, 2.05) is 0 Å². The fourth-order valence-corrected chi connectivity index (χ4v) is 1.42. The monoisotopic (exact) mass is 253 g/mol. The summed E-state index contributed by atoms with van der Waals surface area (Å²) >= 11 is 0. The molecule has 7 heteroatoms. The summed E-state index contributed by atoms with van der Waals surface area (Å²) in [5, 5.41) is 0. The Hall–Kier alpha value is -2.36. The van der Waals surface area contributed by atoms with Crippen molar-refractivity contribution in [1.82, 2.24) is 9.97 Å². The molecule has 2 aromatic heterocycles. The van der Waals surface area contributed by atoms with Gasteiger partial charge in [-0.15, -0.1) is 0 Å². The molecule has 18 heavy (non-hydrogen) atoms. The second-order valence-corrected chi connectivity index (χ2v) is 3.61. The number of hydrogen-bond donors (Lipinski definition) is 1. The van der Waals surface area contributed by atoms with Crippen LogP contribution < -0.4 is 10.7 Å². The zero-order valence-electron chi connectivity index (χ0n) is 9.28. The highest BCUT2D eigenvalue weighted by atomic mass is 19.4. The van der Waals surface area contributed by atoms with E-state index in [1.54, 1.807) is 0 Å². The summed E-state index contributed by atoms with van der Waals surface area (Å²) in [5.41, 5.74) is 4.82. The van der Waals surface area contributed by atoms with Crippen LogP contribution in [0.1, 0.15) is 11.3 Å². The van der Waals surface area contributed by atoms with Crippen molar-refractivity contribution in [1.29, 1.82) is 0 Å². The Morgan fingerprint density at radius 1 is 1.39 bits per heavy atom. The zero-order valence-corrected chi connectivity index (χ0v) is 9.28. The van der Waals surface area contributed by atoms with Crippen LogP contribution in [0.4, 0.5) is 19.0 Å². The van der Waals surface area contributed by atoms with Gasteiger partial charge in [0.25, 0.3) is 0 Å². The van der Waals surface area contributed by atoms with Gasteiger partial charge in [0, 0.05) is 17.5 Å². The predicted molar refractivity (Wildman–Crippen MR) is 56.0 cm³/mol. The first kappa shape index (κ1) is 12.1. The molecule has 2 N–H and O–H groups in total. The topological polar surface area (TPSA) is 65.9 Å². The number of pyridine rings is 1. The molecule has 0 radical (unpaired) electrons. The molecule has 0 spiro atoms. The molecule has 0 fully saturated rings. The number of aryl methyl sites for hydroxylation is 1. The van der Waals surface area contributed by atoms with Gasteiger partial charge < -0.3 is 5.73 Å². The summed E-state index contributed by atoms with van der Waals surface area (Å²) in [6, 6.07) is 0.961. The van der Waals surface area contributed by atoms with Crippen molar-refractivity contribution in [2.75, 3.05) is 5.73 Å². The van der Waals surface area contributed by atoms with Crippen LogP contribution in [0.5, 0.6) is 0 Å². The Kier molecular flexibility index (Phi) is 2.79. The minimum Gasteiger partial charge on any atom is -0.378 e. The first-order chi connectivity index (χ1) is 8.38. The summed E-state index contributed by atoms with van der Waals surface area (Å²) in [4.78, 5) is 11.2. The van der Waals surface area contributed by atoms with Crippen molar-refractivity contribution in [2.24, 2.45) is 0 Å². The van der Waals surface area contributed by atoms with Crippen LogP contribution in [0, 0.1) is 13.1 Å². The largest absolute Gasteiger partial charge is 0.418 e. The van der Waals surface area contributed by atoms with Crippen LogP contribution in [0.15, 0.2) is 18.5 Å². The fourth-order valence-electron chi connectivity index (χ4n) is 1.42. The van der Waals surface area contributed by atoms with E-state index in [1.165, 1.54) is 19.3 Å². The molecule has 2 aromatic rings. The Morgan fingerprint density at radius 3 is 2.72 bits per heavy atom. The van der Waals surface area contributed by atoms with E-state index in [2.05, 4.69) is 21.1 Å². The molecule has 0 aliphatic rings. The van der Waals surface area contributed by atoms with E-state index in [4.69, 9.17) is 5.73 Å². The maximum Gasteiger partial charge on any atom is 0.418 e. The van der Waals surface area contributed by atoms with Crippen LogP contribution >= 0.6 is 0 Å². The van der Waals surface area contributed by atoms with E-state index in [9.17, 15) is 13.2 Å². The molecule has 0 aliphatic heterocycles. The third kappa shape index (κ3) is 2.32. The van der Waals surface area contributed by atoms with Gasteiger partial charge in [-0.05, 0) is 18.0 Å². The number of hydrogen-bond acceptors (Lipinski definition) is 3. The van der Waals surface area contributed by atoms with Crippen molar-refractivity contribution in [3.63, 3.8) is 0 Å². The number of aromatic nitrogens is 3. The van der Waals surface area contributed by atoms with E-state index in [0.717, 1.165) is 6.07 Å². The average Bonchev–Trinajstić information content (AvgIpc) is 2.28. The number of anilines is 1. The van der Waals surface area contributed by atoms with Crippen LogP contribution in [0.25, 0.3) is 11.3 Å². The highest BCUT2D eigenvalue weighted by molar-refractivity contribution is 5.58. The summed E-state index contributed by atoms with van der Waals surface area (Å²) in [5.74, 6) is 0.109. The average molecular weight is 253 g/mol. The van der Waals surface area contributed by atoms with Crippen molar-refractivity contribution in [3.8, 4) is 11.3 Å². The SMILES string of the molecule is Cc1ncc(-c2c#[n+]cc(N)n2)cc1C(F)(F)F. The van der Waals surface area contributed by atoms with E-state index >= 15 is 0 Å². The Labute approximate surface area is 101 Å². The van der Waals surface area contributed by atoms with Crippen LogP contribution in [-0.4, -0.2) is 9.97 Å². The molecular weight excluding hydrogens is 245 g/mol. The molecule has 0 saturated carbocycles. The molecule has 92 valence electrons. The van der Waals surface area contributed by atoms with Crippen molar-refractivity contribution < 1.29 is 18.2 Å². The molecule has 0 unspecified atom stereocenters. The van der Waals surface area contributed by atoms with Crippen molar-refractivity contribution >= 4 is 5.82 Å². The van der Waals surface area contributed by atoms with E-state index in [-0.39, 0.29) is 22.8 Å². The second kappa shape index (κ2) is 4.14. The lowest BCUT2D eigenvalue weighted by molar-refractivity contribution is -0.293. The smallest absolute Gasteiger partial charge is 0.378 e. The van der Waals surface area contributed by atoms with Crippen LogP contribution in [0.3, 0.4) is 0 Å². The lowest BCUT2D eigenvalue weighted by atomic mass is 10.1. The summed E-state index contributed by atoms with van der Waals surface area (Å²) in [6.07, 6.45) is 0.560. The highest BCUT2D eigenvalue weighted by Crippen LogP contribution is 2.32. The van der Waals surface area contributed by atoms with Gasteiger partial charge in [-0.2, -0.15) is 13.2 Å². The number of rotatable bonds is 1. The number of nitrogens with two attached hydrogens (primary N) is 1. The number of nitrogen functional groups attached to an aromatic ring is 1. The maximum atomic E-state index is 12.7. The molecule has 2 heterocycles. The summed E-state index contributed by atoms with van der Waals surface area (Å²) < 4.78 is 38.1. The Morgan fingerprint density at radius 2 is 2.11 bits per heavy atom. The van der Waals surface area contributed by atoms with Gasteiger partial charge in [-0.3, -0.25) is 4.98 Å². The van der Waals surface area contributed by atoms with Gasteiger partial charge in [0.1, 0.15) is 0 Å². The molecule has 0 aromatic carbocycles. The van der Waals surface area contributed by atoms with Gasteiger partial charge in [-0.1, -0.05) is 0 Å². The minimum absolute atomic E-state index is 0.0943. The first-order valence-corrected chi connectivity index (χ1v) is 4.92. The third-order valence-corrected chi connectivity index (χ3v) is 2.27. The molecule has 0 atom stereocenters. The Balaban J connectivity index is 2.54. The lowest BCUT2D eigenvalue weighted by Gasteiger charge is -2.09. The highest BCUT2D eigenvalue weighted by Gasteiger charge is 2.33. The summed E-state index contributed by atoms with van der Waals surface area (Å²) in [6.45, 7) is 1.29. The lowest BCUT2D eigenvalue weighted by Crippen LogP contribution is -2.09. The van der Waals surface area contributed by atoms with Gasteiger partial charge in [0.15, 0.2) is 0 Å². The fraction of sp³-hybridized carbons (Fsp3) is 0.182. The van der Waals surface area contributed by atoms with Crippen molar-refractivity contribution in [3.05, 3.63) is 35.9 Å². The minimum atomic E-state index is -4.46. The molecular formula is C11H8F3N4+. The molecule has 0 saturated heterocycles. The summed E-state index contributed by atoms with van der Waals surface area (Å²) in [7, 11) is 0. The van der Waals surface area contributed by atoms with Gasteiger partial charge >= 0.3 is 18.6 Å². The number of nitrogens with zero attached hydrogens (tertiary/aromatic N) is 3. The third-order valence-electron chi connectivity index (χ3n) is 2.27. The van der Waals surface area contributed by atoms with E-state index < -0.39 is 11.7 Å². The number of alkyl halides is 3. The maximum absolute atomic E-state index is 12.7. The van der Waals surface area contributed by atoms with E-state index in [0.29, 0.717) is 0 Å². The van der Waals surface area contributed by atoms with Gasteiger partial charge in [0.05, 0.1) is 5.56 Å². The van der Waals surface area contributed by atoms with Gasteiger partial charge in [0.2, 0.25) is 11.5 Å². The normalized spacial score (nSPS) is 11.1. The molecule has 0 bridgehead atoms. The molecule has 0 amide bonds. The molecule has 4 nitrogen and oxygen atoms in total. The first-order valence-electron chi connectivity index (χ1n) is 4.92. The van der Waals surface area contributed by atoms with Crippen LogP contribution in [-0.2, 0) is 6.18 Å². The zero-order chi connectivity index (χ0) is 13.3. The second-order valence-electron chi connectivity index (χ2n) is 3.61. The van der Waals surface area contributed by atoms with Gasteiger partial charge in [-0.25, -0.2) is 4.98 Å². The standard InChI is InChI=1S/C11H8F3N4/c1-6-8(11(12,13)14)2-7(3-17-6)9-4-16-5-10(15)18-9/h2-3,5H,1H3,(H2,15,18)/q+1. The molecule has 0 aliphatic carbocycles. The Bertz CT molecular complexity index is 581. The van der Waals surface area contributed by atoms with Crippen LogP contribution in [0.2, 0.25) is 0 Å². The number of halogens is 3. The quantitative estimate of drug-likeness (QED) is 0.835. The predicted octanol–water partition coefficient (Wildman–Crippen LogP) is 1.45. The molecule has 2 rings (SSSR count).